The second kappa shape index (κ2) is 8.46. The Labute approximate surface area is 205 Å². The van der Waals surface area contributed by atoms with Crippen molar-refractivity contribution in [1.82, 2.24) is 4.57 Å². The third kappa shape index (κ3) is 4.10. The van der Waals surface area contributed by atoms with E-state index in [2.05, 4.69) is 32.2 Å². The van der Waals surface area contributed by atoms with Crippen molar-refractivity contribution < 1.29 is 30.6 Å². The van der Waals surface area contributed by atoms with Crippen LogP contribution in [0.4, 0.5) is 5.69 Å². The maximum atomic E-state index is 13.5. The van der Waals surface area contributed by atoms with E-state index in [1.807, 2.05) is 34.9 Å². The molecule has 2 heterocycles. The highest BCUT2D eigenvalue weighted by atomic mass is 16.7. The number of benzene rings is 2. The number of nitrogens with zero attached hydrogens (tertiary/aromatic N) is 1. The summed E-state index contributed by atoms with van der Waals surface area (Å²) >= 11 is 0. The van der Waals surface area contributed by atoms with Crippen molar-refractivity contribution >= 4 is 22.5 Å². The minimum Gasteiger partial charge on any atom is -0.494 e. The van der Waals surface area contributed by atoms with Crippen LogP contribution in [0.3, 0.4) is 0 Å². The molecule has 0 bridgehead atoms. The van der Waals surface area contributed by atoms with Gasteiger partial charge in [0, 0.05) is 29.7 Å². The van der Waals surface area contributed by atoms with Crippen LogP contribution in [0.5, 0.6) is 17.2 Å². The first kappa shape index (κ1) is 23.5. The molecule has 1 atom stereocenters. The van der Waals surface area contributed by atoms with Crippen LogP contribution < -0.4 is 19.5 Å². The van der Waals surface area contributed by atoms with Gasteiger partial charge in [-0.1, -0.05) is 26.8 Å². The number of aliphatic hydroxyl groups excluding tert-OH is 2. The van der Waals surface area contributed by atoms with Gasteiger partial charge in [0.15, 0.2) is 11.5 Å². The van der Waals surface area contributed by atoms with E-state index >= 15 is 0 Å². The number of carbonyl (C=O) groups excluding carboxylic acids is 1. The lowest BCUT2D eigenvalue weighted by atomic mass is 9.92. The normalized spacial score (nSPS) is 16.9. The van der Waals surface area contributed by atoms with Crippen molar-refractivity contribution in [3.8, 4) is 17.2 Å². The second-order valence-corrected chi connectivity index (χ2v) is 10.4. The Morgan fingerprint density at radius 1 is 1.20 bits per heavy atom. The average Bonchev–Trinajstić information content (AvgIpc) is 3.36. The summed E-state index contributed by atoms with van der Waals surface area (Å²) in [6.45, 7) is 6.40. The number of hydrogen-bond donors (Lipinski definition) is 3. The van der Waals surface area contributed by atoms with Gasteiger partial charge >= 0.3 is 0 Å². The van der Waals surface area contributed by atoms with Crippen molar-refractivity contribution in [3.63, 3.8) is 0 Å². The maximum absolute atomic E-state index is 13.5. The number of fused-ring (bicyclic) bond motifs is 2. The van der Waals surface area contributed by atoms with E-state index in [0.717, 1.165) is 35.0 Å². The first-order valence-electron chi connectivity index (χ1n) is 11.9. The first-order valence-corrected chi connectivity index (χ1v) is 11.9. The fourth-order valence-corrected chi connectivity index (χ4v) is 4.90. The van der Waals surface area contributed by atoms with E-state index in [4.69, 9.17) is 14.2 Å². The van der Waals surface area contributed by atoms with Gasteiger partial charge in [-0.3, -0.25) is 4.79 Å². The van der Waals surface area contributed by atoms with E-state index in [0.29, 0.717) is 22.9 Å². The molecular weight excluding hydrogens is 448 g/mol. The minimum atomic E-state index is -0.896. The molecule has 0 saturated heterocycles. The quantitative estimate of drug-likeness (QED) is 0.471. The lowest BCUT2D eigenvalue weighted by Gasteiger charge is -2.24. The average molecular weight is 483 g/mol. The molecule has 5 rings (SSSR count). The summed E-state index contributed by atoms with van der Waals surface area (Å²) < 4.78 is 18.6. The number of carbonyl (C=O) groups is 1. The first-order chi connectivity index (χ1) is 16.7. The Morgan fingerprint density at radius 3 is 2.60 bits per heavy atom. The summed E-state index contributed by atoms with van der Waals surface area (Å²) in [4.78, 5) is 13.5. The topological polar surface area (TPSA) is 102 Å². The summed E-state index contributed by atoms with van der Waals surface area (Å²) in [7, 11) is 1.59. The van der Waals surface area contributed by atoms with Crippen molar-refractivity contribution in [2.75, 3.05) is 25.8 Å². The highest BCUT2D eigenvalue weighted by Gasteiger charge is 2.51. The molecule has 3 N–H and O–H groups in total. The van der Waals surface area contributed by atoms with Crippen LogP contribution in [0.1, 0.15) is 46.3 Å². The summed E-state index contributed by atoms with van der Waals surface area (Å²) in [5.74, 6) is 1.90. The van der Waals surface area contributed by atoms with E-state index in [9.17, 15) is 15.0 Å². The van der Waals surface area contributed by atoms with E-state index in [-0.39, 0.29) is 32.7 Å². The molecule has 8 nitrogen and oxygen atoms in total. The molecule has 8 heteroatoms. The maximum Gasteiger partial charge on any atom is 0.235 e. The molecule has 1 fully saturated rings. The van der Waals surface area contributed by atoms with Gasteiger partial charge < -0.3 is 34.3 Å². The SMILES string of the molecule is COc1cc(NC(=O)C2(c3ccc4c(c3)OCO4)CC2)cc2cc(C(C)(C)C)n(C[C@H](O)CO)c12.[HH]. The number of anilines is 1. The number of ether oxygens (including phenoxy) is 3. The molecule has 1 amide bonds. The number of aliphatic hydroxyl groups is 2. The van der Waals surface area contributed by atoms with Crippen LogP contribution in [0.15, 0.2) is 36.4 Å². The van der Waals surface area contributed by atoms with Crippen LogP contribution in [0.2, 0.25) is 0 Å². The molecular formula is C27H34N2O6. The number of methoxy groups -OCH3 is 1. The molecule has 1 aliphatic heterocycles. The lowest BCUT2D eigenvalue weighted by molar-refractivity contribution is -0.118. The van der Waals surface area contributed by atoms with E-state index in [1.165, 1.54) is 0 Å². The molecule has 2 aromatic carbocycles. The number of aromatic nitrogens is 1. The number of hydrogen-bond acceptors (Lipinski definition) is 6. The zero-order valence-electron chi connectivity index (χ0n) is 20.6. The van der Waals surface area contributed by atoms with Gasteiger partial charge in [-0.25, -0.2) is 0 Å². The van der Waals surface area contributed by atoms with Gasteiger partial charge in [-0.05, 0) is 42.7 Å². The Morgan fingerprint density at radius 2 is 1.94 bits per heavy atom. The molecule has 2 aliphatic rings. The summed E-state index contributed by atoms with van der Waals surface area (Å²) in [6.07, 6.45) is 0.635. The predicted molar refractivity (Wildman–Crippen MR) is 135 cm³/mol. The van der Waals surface area contributed by atoms with Crippen LogP contribution in [-0.2, 0) is 22.2 Å². The van der Waals surface area contributed by atoms with Gasteiger partial charge in [0.25, 0.3) is 0 Å². The number of rotatable bonds is 7. The number of nitrogens with one attached hydrogen (secondary N) is 1. The Kier molecular flexibility index (Phi) is 5.68. The van der Waals surface area contributed by atoms with Gasteiger partial charge in [0.1, 0.15) is 5.75 Å². The van der Waals surface area contributed by atoms with Crippen LogP contribution in [0.25, 0.3) is 10.9 Å². The molecule has 0 radical (unpaired) electrons. The van der Waals surface area contributed by atoms with Crippen LogP contribution in [-0.4, -0.2) is 47.3 Å². The third-order valence-electron chi connectivity index (χ3n) is 6.92. The molecule has 35 heavy (non-hydrogen) atoms. The minimum absolute atomic E-state index is 0. The van der Waals surface area contributed by atoms with Crippen LogP contribution in [0, 0.1) is 0 Å². The van der Waals surface area contributed by atoms with Crippen molar-refractivity contribution in [2.45, 2.75) is 57.1 Å². The fraction of sp³-hybridized carbons (Fsp3) is 0.444. The molecule has 0 unspecified atom stereocenters. The molecule has 3 aromatic rings. The lowest BCUT2D eigenvalue weighted by Crippen LogP contribution is -2.27. The summed E-state index contributed by atoms with van der Waals surface area (Å²) in [5.41, 5.74) is 2.59. The van der Waals surface area contributed by atoms with Gasteiger partial charge in [-0.15, -0.1) is 0 Å². The Balaban J connectivity index is 0.00000304. The second-order valence-electron chi connectivity index (χ2n) is 10.4. The third-order valence-corrected chi connectivity index (χ3v) is 6.92. The van der Waals surface area contributed by atoms with Crippen LogP contribution >= 0.6 is 0 Å². The zero-order valence-corrected chi connectivity index (χ0v) is 20.6. The molecule has 0 spiro atoms. The molecule has 1 aromatic heterocycles. The smallest absolute Gasteiger partial charge is 0.235 e. The molecule has 188 valence electrons. The zero-order chi connectivity index (χ0) is 25.0. The highest BCUT2D eigenvalue weighted by Crippen LogP contribution is 2.51. The van der Waals surface area contributed by atoms with Gasteiger partial charge in [0.2, 0.25) is 12.7 Å². The summed E-state index contributed by atoms with van der Waals surface area (Å²) in [5, 5.41) is 23.6. The molecule has 1 saturated carbocycles. The highest BCUT2D eigenvalue weighted by molar-refractivity contribution is 6.03. The van der Waals surface area contributed by atoms with E-state index < -0.39 is 11.5 Å². The van der Waals surface area contributed by atoms with Crippen molar-refractivity contribution in [3.05, 3.63) is 47.7 Å². The van der Waals surface area contributed by atoms with Gasteiger partial charge in [0.05, 0.1) is 37.3 Å². The van der Waals surface area contributed by atoms with Gasteiger partial charge in [-0.2, -0.15) is 0 Å². The largest absolute Gasteiger partial charge is 0.494 e. The monoisotopic (exact) mass is 482 g/mol. The predicted octanol–water partition coefficient (Wildman–Crippen LogP) is 3.95. The Bertz CT molecular complexity index is 1290. The fourth-order valence-electron chi connectivity index (χ4n) is 4.90. The van der Waals surface area contributed by atoms with Crippen molar-refractivity contribution in [2.24, 2.45) is 0 Å². The summed E-state index contributed by atoms with van der Waals surface area (Å²) in [6, 6.07) is 11.5. The number of amides is 1. The van der Waals surface area contributed by atoms with Crippen molar-refractivity contribution in [1.29, 1.82) is 0 Å². The Hall–Kier alpha value is -3.23. The molecule has 1 aliphatic carbocycles. The van der Waals surface area contributed by atoms with E-state index in [1.54, 1.807) is 7.11 Å². The standard InChI is InChI=1S/C27H32N2O6.H2/c1-26(2,3)23-10-16-9-18(12-22(33-4)24(16)29(23)13-19(31)14-30)28-25(32)27(7-8-27)17-5-6-20-21(11-17)35-15-34-20;/h5-6,9-12,19,30-31H,7-8,13-15H2,1-4H3,(H,28,32);1H/t19-;/m0./s1.